The summed E-state index contributed by atoms with van der Waals surface area (Å²) in [6.07, 6.45) is 0. The van der Waals surface area contributed by atoms with Crippen LogP contribution in [0.3, 0.4) is 0 Å². The van der Waals surface area contributed by atoms with Crippen molar-refractivity contribution in [1.82, 2.24) is 10.2 Å². The SMILES string of the molecule is Cc1ccccc1C1CNC[C@H]1N(C)C(=O)C(C)(C)c1cc(Cl)cc(Cl)c1. The van der Waals surface area contributed by atoms with Gasteiger partial charge in [0.15, 0.2) is 0 Å². The Kier molecular flexibility index (Phi) is 5.85. The number of likely N-dealkylation sites (N-methyl/N-ethyl adjacent to an activating group) is 1. The van der Waals surface area contributed by atoms with E-state index in [-0.39, 0.29) is 17.9 Å². The van der Waals surface area contributed by atoms with E-state index in [1.54, 1.807) is 6.07 Å². The average molecular weight is 405 g/mol. The Labute approximate surface area is 171 Å². The molecule has 2 atom stereocenters. The zero-order valence-corrected chi connectivity index (χ0v) is 17.7. The molecule has 2 aromatic carbocycles. The van der Waals surface area contributed by atoms with Crippen molar-refractivity contribution in [1.29, 1.82) is 0 Å². The van der Waals surface area contributed by atoms with Gasteiger partial charge in [0.1, 0.15) is 0 Å². The van der Waals surface area contributed by atoms with Crippen LogP contribution >= 0.6 is 23.2 Å². The lowest BCUT2D eigenvalue weighted by molar-refractivity contribution is -0.137. The molecule has 1 N–H and O–H groups in total. The summed E-state index contributed by atoms with van der Waals surface area (Å²) < 4.78 is 0. The Bertz CT molecular complexity index is 830. The van der Waals surface area contributed by atoms with Crippen molar-refractivity contribution in [2.24, 2.45) is 0 Å². The van der Waals surface area contributed by atoms with Crippen LogP contribution in [0.2, 0.25) is 10.0 Å². The maximum absolute atomic E-state index is 13.4. The minimum Gasteiger partial charge on any atom is -0.340 e. The number of carbonyl (C=O) groups excluding carboxylic acids is 1. The van der Waals surface area contributed by atoms with Gasteiger partial charge in [-0.1, -0.05) is 47.5 Å². The molecule has 1 saturated heterocycles. The van der Waals surface area contributed by atoms with Crippen LogP contribution in [0.25, 0.3) is 0 Å². The lowest BCUT2D eigenvalue weighted by Gasteiger charge is -2.36. The summed E-state index contributed by atoms with van der Waals surface area (Å²) in [6.45, 7) is 7.65. The second kappa shape index (κ2) is 7.83. The van der Waals surface area contributed by atoms with Crippen LogP contribution in [0.5, 0.6) is 0 Å². The molecule has 1 aliphatic rings. The van der Waals surface area contributed by atoms with E-state index in [1.165, 1.54) is 11.1 Å². The lowest BCUT2D eigenvalue weighted by atomic mass is 9.82. The minimum atomic E-state index is -0.720. The quantitative estimate of drug-likeness (QED) is 0.793. The molecule has 3 rings (SSSR count). The first kappa shape index (κ1) is 20.2. The Morgan fingerprint density at radius 1 is 1.11 bits per heavy atom. The van der Waals surface area contributed by atoms with Crippen LogP contribution in [0.1, 0.15) is 36.5 Å². The highest BCUT2D eigenvalue weighted by Crippen LogP contribution is 2.34. The van der Waals surface area contributed by atoms with Crippen molar-refractivity contribution >= 4 is 29.1 Å². The molecule has 0 saturated carbocycles. The molecular formula is C22H26Cl2N2O. The van der Waals surface area contributed by atoms with E-state index in [2.05, 4.69) is 36.5 Å². The molecule has 1 heterocycles. The number of aryl methyl sites for hydroxylation is 1. The van der Waals surface area contributed by atoms with Gasteiger partial charge in [0.2, 0.25) is 5.91 Å². The third kappa shape index (κ3) is 4.01. The van der Waals surface area contributed by atoms with Gasteiger partial charge in [0, 0.05) is 36.1 Å². The van der Waals surface area contributed by atoms with Gasteiger partial charge < -0.3 is 10.2 Å². The van der Waals surface area contributed by atoms with E-state index in [0.717, 1.165) is 18.7 Å². The van der Waals surface area contributed by atoms with Crippen LogP contribution in [0.15, 0.2) is 42.5 Å². The number of nitrogens with one attached hydrogen (secondary N) is 1. The molecule has 3 nitrogen and oxygen atoms in total. The molecule has 1 amide bonds. The first-order valence-corrected chi connectivity index (χ1v) is 9.97. The fraction of sp³-hybridized carbons (Fsp3) is 0.409. The average Bonchev–Trinajstić information content (AvgIpc) is 3.09. The van der Waals surface area contributed by atoms with Gasteiger partial charge in [0.05, 0.1) is 11.5 Å². The van der Waals surface area contributed by atoms with Gasteiger partial charge in [-0.05, 0) is 55.7 Å². The zero-order chi connectivity index (χ0) is 19.8. The maximum Gasteiger partial charge on any atom is 0.232 e. The molecule has 27 heavy (non-hydrogen) atoms. The number of benzene rings is 2. The number of halogens is 2. The van der Waals surface area contributed by atoms with E-state index in [4.69, 9.17) is 23.2 Å². The van der Waals surface area contributed by atoms with Gasteiger partial charge in [-0.15, -0.1) is 0 Å². The van der Waals surface area contributed by atoms with Gasteiger partial charge in [-0.2, -0.15) is 0 Å². The largest absolute Gasteiger partial charge is 0.340 e. The van der Waals surface area contributed by atoms with Crippen molar-refractivity contribution in [2.45, 2.75) is 38.1 Å². The number of hydrogen-bond acceptors (Lipinski definition) is 2. The van der Waals surface area contributed by atoms with E-state index in [0.29, 0.717) is 10.0 Å². The summed E-state index contributed by atoms with van der Waals surface area (Å²) in [5.74, 6) is 0.340. The Balaban J connectivity index is 1.88. The highest BCUT2D eigenvalue weighted by molar-refractivity contribution is 6.34. The van der Waals surface area contributed by atoms with Crippen LogP contribution in [-0.2, 0) is 10.2 Å². The van der Waals surface area contributed by atoms with E-state index >= 15 is 0 Å². The first-order valence-electron chi connectivity index (χ1n) is 9.22. The number of rotatable bonds is 4. The second-order valence-electron chi connectivity index (χ2n) is 7.89. The molecule has 0 aliphatic carbocycles. The highest BCUT2D eigenvalue weighted by Gasteiger charge is 2.40. The Hall–Kier alpha value is -1.55. The van der Waals surface area contributed by atoms with Gasteiger partial charge in [-0.25, -0.2) is 0 Å². The predicted molar refractivity (Wildman–Crippen MR) is 113 cm³/mol. The molecule has 2 aromatic rings. The van der Waals surface area contributed by atoms with Gasteiger partial charge >= 0.3 is 0 Å². The third-order valence-electron chi connectivity index (χ3n) is 5.71. The van der Waals surface area contributed by atoms with E-state index in [1.807, 2.05) is 37.9 Å². The molecule has 144 valence electrons. The fourth-order valence-corrected chi connectivity index (χ4v) is 4.55. The summed E-state index contributed by atoms with van der Waals surface area (Å²) in [5.41, 5.74) is 2.67. The molecule has 1 aliphatic heterocycles. The van der Waals surface area contributed by atoms with E-state index in [9.17, 15) is 4.79 Å². The van der Waals surface area contributed by atoms with E-state index < -0.39 is 5.41 Å². The highest BCUT2D eigenvalue weighted by atomic mass is 35.5. The van der Waals surface area contributed by atoms with Crippen molar-refractivity contribution < 1.29 is 4.79 Å². The van der Waals surface area contributed by atoms with Gasteiger partial charge in [0.25, 0.3) is 0 Å². The monoisotopic (exact) mass is 404 g/mol. The molecular weight excluding hydrogens is 379 g/mol. The molecule has 1 fully saturated rings. The van der Waals surface area contributed by atoms with Crippen molar-refractivity contribution in [3.8, 4) is 0 Å². The standard InChI is InChI=1S/C22H26Cl2N2O/c1-14-7-5-6-8-18(14)19-12-25-13-20(19)26(4)21(27)22(2,3)15-9-16(23)11-17(24)10-15/h5-11,19-20,25H,12-13H2,1-4H3/t19?,20-/m1/s1. The fourth-order valence-electron chi connectivity index (χ4n) is 4.02. The number of nitrogens with zero attached hydrogens (tertiary/aromatic N) is 1. The summed E-state index contributed by atoms with van der Waals surface area (Å²) >= 11 is 12.3. The summed E-state index contributed by atoms with van der Waals surface area (Å²) in [5, 5.41) is 4.54. The van der Waals surface area contributed by atoms with Crippen molar-refractivity contribution in [3.63, 3.8) is 0 Å². The summed E-state index contributed by atoms with van der Waals surface area (Å²) in [4.78, 5) is 15.3. The topological polar surface area (TPSA) is 32.3 Å². The normalized spacial score (nSPS) is 19.9. The van der Waals surface area contributed by atoms with Crippen LogP contribution in [0.4, 0.5) is 0 Å². The number of carbonyl (C=O) groups is 1. The maximum atomic E-state index is 13.4. The number of hydrogen-bond donors (Lipinski definition) is 1. The Morgan fingerprint density at radius 2 is 1.74 bits per heavy atom. The predicted octanol–water partition coefficient (Wildman–Crippen LogP) is 4.79. The smallest absolute Gasteiger partial charge is 0.232 e. The lowest BCUT2D eigenvalue weighted by Crippen LogP contribution is -2.48. The zero-order valence-electron chi connectivity index (χ0n) is 16.2. The van der Waals surface area contributed by atoms with Gasteiger partial charge in [-0.3, -0.25) is 4.79 Å². The first-order chi connectivity index (χ1) is 12.7. The second-order valence-corrected chi connectivity index (χ2v) is 8.76. The van der Waals surface area contributed by atoms with Crippen LogP contribution in [0, 0.1) is 6.92 Å². The van der Waals surface area contributed by atoms with Crippen molar-refractivity contribution in [2.75, 3.05) is 20.1 Å². The third-order valence-corrected chi connectivity index (χ3v) is 6.14. The number of amides is 1. The molecule has 0 aromatic heterocycles. The molecule has 1 unspecified atom stereocenters. The molecule has 0 radical (unpaired) electrons. The van der Waals surface area contributed by atoms with Crippen LogP contribution < -0.4 is 5.32 Å². The molecule has 5 heteroatoms. The molecule has 0 bridgehead atoms. The summed E-state index contributed by atoms with van der Waals surface area (Å²) in [7, 11) is 1.90. The molecule has 0 spiro atoms. The van der Waals surface area contributed by atoms with Crippen molar-refractivity contribution in [3.05, 3.63) is 69.2 Å². The summed E-state index contributed by atoms with van der Waals surface area (Å²) in [6, 6.07) is 13.9. The van der Waals surface area contributed by atoms with Crippen LogP contribution in [-0.4, -0.2) is 37.0 Å². The Morgan fingerprint density at radius 3 is 2.37 bits per heavy atom. The minimum absolute atomic E-state index is 0.0631.